The van der Waals surface area contributed by atoms with Crippen molar-refractivity contribution in [2.75, 3.05) is 11.9 Å². The molecule has 1 amide bonds. The van der Waals surface area contributed by atoms with Gasteiger partial charge in [0.05, 0.1) is 13.2 Å². The maximum Gasteiger partial charge on any atom is 0.263 e. The molecule has 0 unspecified atom stereocenters. The Labute approximate surface area is 125 Å². The lowest BCUT2D eigenvalue weighted by molar-refractivity contribution is -0.118. The van der Waals surface area contributed by atoms with Gasteiger partial charge in [0.2, 0.25) is 0 Å². The number of rotatable bonds is 6. The van der Waals surface area contributed by atoms with Crippen LogP contribution in [-0.4, -0.2) is 27.9 Å². The highest BCUT2D eigenvalue weighted by Gasteiger charge is 2.14. The topological polar surface area (TPSA) is 105 Å². The Bertz CT molecular complexity index is 646. The fourth-order valence-electron chi connectivity index (χ4n) is 1.87. The van der Waals surface area contributed by atoms with E-state index in [1.54, 1.807) is 6.92 Å². The number of aliphatic hydroxyl groups excluding tert-OH is 2. The first-order valence-corrected chi connectivity index (χ1v) is 6.42. The summed E-state index contributed by atoms with van der Waals surface area (Å²) in [4.78, 5) is 11.7. The van der Waals surface area contributed by atoms with Gasteiger partial charge in [-0.05, 0) is 19.1 Å². The number of nitrogens with one attached hydrogen (secondary N) is 1. The molecule has 0 radical (unpaired) electrons. The highest BCUT2D eigenvalue weighted by Crippen LogP contribution is 2.26. The Balaban J connectivity index is 2.05. The Morgan fingerprint density at radius 2 is 1.95 bits per heavy atom. The molecule has 7 nitrogen and oxygen atoms in total. The molecule has 0 saturated carbocycles. The molecule has 1 aromatic heterocycles. The lowest BCUT2D eigenvalue weighted by atomic mass is 10.1. The van der Waals surface area contributed by atoms with Gasteiger partial charge in [0, 0.05) is 17.2 Å². The summed E-state index contributed by atoms with van der Waals surface area (Å²) in [6.07, 6.45) is 0. The lowest BCUT2D eigenvalue weighted by Crippen LogP contribution is -2.21. The number of ether oxygens (including phenoxy) is 1. The summed E-state index contributed by atoms with van der Waals surface area (Å²) >= 11 is 0. The molecule has 0 atom stereocenters. The van der Waals surface area contributed by atoms with E-state index in [-0.39, 0.29) is 22.7 Å². The number of anilines is 1. The van der Waals surface area contributed by atoms with Crippen molar-refractivity contribution in [2.45, 2.75) is 20.1 Å². The predicted molar refractivity (Wildman–Crippen MR) is 73.6 cm³/mol. The van der Waals surface area contributed by atoms with Gasteiger partial charge in [-0.2, -0.15) is 0 Å². The van der Waals surface area contributed by atoms with Crippen molar-refractivity contribution in [1.82, 2.24) is 5.16 Å². The van der Waals surface area contributed by atoms with Crippen molar-refractivity contribution in [3.05, 3.63) is 40.9 Å². The van der Waals surface area contributed by atoms with Crippen LogP contribution < -0.4 is 10.1 Å². The molecule has 8 heteroatoms. The molecular formula is C14H15FN2O5. The van der Waals surface area contributed by atoms with E-state index in [1.807, 2.05) is 0 Å². The summed E-state index contributed by atoms with van der Waals surface area (Å²) in [5.74, 6) is -0.249. The summed E-state index contributed by atoms with van der Waals surface area (Å²) in [7, 11) is 0. The van der Waals surface area contributed by atoms with Crippen molar-refractivity contribution < 1.29 is 28.7 Å². The van der Waals surface area contributed by atoms with E-state index in [2.05, 4.69) is 10.5 Å². The third kappa shape index (κ3) is 3.80. The highest BCUT2D eigenvalue weighted by molar-refractivity contribution is 5.90. The number of nitrogens with zero attached hydrogens (tertiary/aromatic N) is 1. The predicted octanol–water partition coefficient (Wildman–Crippen LogP) is 1.12. The molecule has 2 aromatic rings. The molecule has 0 aliphatic heterocycles. The van der Waals surface area contributed by atoms with Crippen LogP contribution in [-0.2, 0) is 18.0 Å². The van der Waals surface area contributed by atoms with Crippen LogP contribution in [0.1, 0.15) is 16.9 Å². The zero-order valence-electron chi connectivity index (χ0n) is 11.8. The SMILES string of the molecule is Cc1cc(NC(=O)COc2c(CO)cc(F)cc2CO)no1. The Hall–Kier alpha value is -2.45. The van der Waals surface area contributed by atoms with E-state index >= 15 is 0 Å². The molecule has 22 heavy (non-hydrogen) atoms. The third-order valence-electron chi connectivity index (χ3n) is 2.79. The van der Waals surface area contributed by atoms with Crippen molar-refractivity contribution in [3.8, 4) is 5.75 Å². The summed E-state index contributed by atoms with van der Waals surface area (Å²) in [6, 6.07) is 3.69. The summed E-state index contributed by atoms with van der Waals surface area (Å²) in [6.45, 7) is 0.324. The van der Waals surface area contributed by atoms with Crippen molar-refractivity contribution in [1.29, 1.82) is 0 Å². The van der Waals surface area contributed by atoms with Gasteiger partial charge in [-0.1, -0.05) is 5.16 Å². The zero-order chi connectivity index (χ0) is 16.1. The van der Waals surface area contributed by atoms with E-state index in [4.69, 9.17) is 9.26 Å². The minimum absolute atomic E-state index is 0.0814. The van der Waals surface area contributed by atoms with Crippen LogP contribution in [0, 0.1) is 12.7 Å². The van der Waals surface area contributed by atoms with Crippen molar-refractivity contribution in [2.24, 2.45) is 0 Å². The van der Waals surface area contributed by atoms with E-state index in [1.165, 1.54) is 6.07 Å². The molecule has 118 valence electrons. The molecule has 0 spiro atoms. The summed E-state index contributed by atoms with van der Waals surface area (Å²) < 4.78 is 23.4. The van der Waals surface area contributed by atoms with Gasteiger partial charge in [0.1, 0.15) is 17.3 Å². The average molecular weight is 310 g/mol. The number of carbonyl (C=O) groups is 1. The highest BCUT2D eigenvalue weighted by atomic mass is 19.1. The Morgan fingerprint density at radius 1 is 1.32 bits per heavy atom. The number of benzene rings is 1. The molecule has 2 rings (SSSR count). The second kappa shape index (κ2) is 7.01. The molecule has 0 aliphatic carbocycles. The van der Waals surface area contributed by atoms with Gasteiger partial charge in [-0.25, -0.2) is 4.39 Å². The minimum Gasteiger partial charge on any atom is -0.483 e. The van der Waals surface area contributed by atoms with Crippen LogP contribution >= 0.6 is 0 Å². The number of hydrogen-bond donors (Lipinski definition) is 3. The number of amides is 1. The first-order valence-electron chi connectivity index (χ1n) is 6.42. The Kier molecular flexibility index (Phi) is 5.08. The summed E-state index contributed by atoms with van der Waals surface area (Å²) in [5.41, 5.74) is 0.295. The number of aromatic nitrogens is 1. The van der Waals surface area contributed by atoms with Crippen LogP contribution in [0.25, 0.3) is 0 Å². The fourth-order valence-corrected chi connectivity index (χ4v) is 1.87. The molecule has 0 bridgehead atoms. The standard InChI is InChI=1S/C14H15FN2O5/c1-8-2-12(17-22-8)16-13(20)7-21-14-9(5-18)3-11(15)4-10(14)6-19/h2-4,18-19H,5-7H2,1H3,(H,16,17,20). The quantitative estimate of drug-likeness (QED) is 0.738. The second-order valence-corrected chi connectivity index (χ2v) is 4.53. The number of halogens is 1. The van der Waals surface area contributed by atoms with Crippen LogP contribution in [0.2, 0.25) is 0 Å². The molecule has 0 aliphatic rings. The molecular weight excluding hydrogens is 295 g/mol. The first-order chi connectivity index (χ1) is 10.5. The van der Waals surface area contributed by atoms with Crippen LogP contribution in [0.4, 0.5) is 10.2 Å². The molecule has 0 fully saturated rings. The zero-order valence-corrected chi connectivity index (χ0v) is 11.8. The Morgan fingerprint density at radius 3 is 2.45 bits per heavy atom. The number of carbonyl (C=O) groups excluding carboxylic acids is 1. The normalized spacial score (nSPS) is 10.5. The maximum atomic E-state index is 13.3. The van der Waals surface area contributed by atoms with Gasteiger partial charge >= 0.3 is 0 Å². The number of hydrogen-bond acceptors (Lipinski definition) is 6. The number of aryl methyl sites for hydroxylation is 1. The van der Waals surface area contributed by atoms with Crippen LogP contribution in [0.3, 0.4) is 0 Å². The van der Waals surface area contributed by atoms with E-state index in [9.17, 15) is 19.4 Å². The fraction of sp³-hybridized carbons (Fsp3) is 0.286. The molecule has 3 N–H and O–H groups in total. The second-order valence-electron chi connectivity index (χ2n) is 4.53. The van der Waals surface area contributed by atoms with Gasteiger partial charge in [0.15, 0.2) is 12.4 Å². The molecule has 1 heterocycles. The van der Waals surface area contributed by atoms with Crippen molar-refractivity contribution in [3.63, 3.8) is 0 Å². The smallest absolute Gasteiger partial charge is 0.263 e. The monoisotopic (exact) mass is 310 g/mol. The average Bonchev–Trinajstić information content (AvgIpc) is 2.89. The third-order valence-corrected chi connectivity index (χ3v) is 2.79. The molecule has 1 aromatic carbocycles. The minimum atomic E-state index is -0.608. The molecule has 0 saturated heterocycles. The van der Waals surface area contributed by atoms with E-state index in [0.29, 0.717) is 5.76 Å². The van der Waals surface area contributed by atoms with Gasteiger partial charge in [-0.15, -0.1) is 0 Å². The summed E-state index contributed by atoms with van der Waals surface area (Å²) in [5, 5.41) is 24.5. The van der Waals surface area contributed by atoms with Gasteiger partial charge in [-0.3, -0.25) is 4.79 Å². The lowest BCUT2D eigenvalue weighted by Gasteiger charge is -2.13. The van der Waals surface area contributed by atoms with Gasteiger partial charge < -0.3 is 24.8 Å². The van der Waals surface area contributed by atoms with Crippen LogP contribution in [0.5, 0.6) is 5.75 Å². The van der Waals surface area contributed by atoms with Crippen LogP contribution in [0.15, 0.2) is 22.7 Å². The van der Waals surface area contributed by atoms with E-state index < -0.39 is 31.5 Å². The number of aliphatic hydroxyl groups is 2. The maximum absolute atomic E-state index is 13.3. The largest absolute Gasteiger partial charge is 0.483 e. The first kappa shape index (κ1) is 15.9. The van der Waals surface area contributed by atoms with Gasteiger partial charge in [0.25, 0.3) is 5.91 Å². The van der Waals surface area contributed by atoms with Crippen molar-refractivity contribution >= 4 is 11.7 Å². The van der Waals surface area contributed by atoms with E-state index in [0.717, 1.165) is 12.1 Å².